The normalized spacial score (nSPS) is 10.5. The van der Waals surface area contributed by atoms with Crippen LogP contribution in [0.25, 0.3) is 0 Å². The monoisotopic (exact) mass is 393 g/mol. The summed E-state index contributed by atoms with van der Waals surface area (Å²) in [5.74, 6) is 0.624. The number of rotatable bonds is 9. The van der Waals surface area contributed by atoms with Crippen molar-refractivity contribution in [2.45, 2.75) is 26.3 Å². The number of ketones is 1. The zero-order valence-electron chi connectivity index (χ0n) is 15.8. The number of thiophene rings is 1. The van der Waals surface area contributed by atoms with Crippen LogP contribution >= 0.6 is 11.3 Å². The molecular weight excluding hydrogens is 370 g/mol. The fourth-order valence-electron chi connectivity index (χ4n) is 2.63. The highest BCUT2D eigenvalue weighted by Gasteiger charge is 2.12. The molecule has 0 radical (unpaired) electrons. The molecule has 4 nitrogen and oxygen atoms in total. The van der Waals surface area contributed by atoms with E-state index in [0.29, 0.717) is 29.2 Å². The second kappa shape index (κ2) is 9.85. The van der Waals surface area contributed by atoms with Crippen molar-refractivity contribution in [3.63, 3.8) is 0 Å². The molecule has 144 valence electrons. The topological polar surface area (TPSA) is 55.4 Å². The van der Waals surface area contributed by atoms with E-state index >= 15 is 0 Å². The summed E-state index contributed by atoms with van der Waals surface area (Å²) in [6.45, 7) is 3.19. The predicted octanol–water partition coefficient (Wildman–Crippen LogP) is 5.09. The fourth-order valence-corrected chi connectivity index (χ4v) is 3.54. The van der Waals surface area contributed by atoms with Gasteiger partial charge in [-0.25, -0.2) is 0 Å². The van der Waals surface area contributed by atoms with Crippen molar-refractivity contribution < 1.29 is 14.3 Å². The minimum Gasteiger partial charge on any atom is -0.494 e. The average Bonchev–Trinajstić information content (AvgIpc) is 3.22. The van der Waals surface area contributed by atoms with E-state index in [0.717, 1.165) is 23.5 Å². The van der Waals surface area contributed by atoms with Gasteiger partial charge >= 0.3 is 0 Å². The Hall–Kier alpha value is -2.92. The van der Waals surface area contributed by atoms with Crippen molar-refractivity contribution in [1.82, 2.24) is 5.32 Å². The summed E-state index contributed by atoms with van der Waals surface area (Å²) >= 11 is 1.40. The molecule has 0 atom stereocenters. The highest BCUT2D eigenvalue weighted by atomic mass is 32.1. The number of carbonyl (C=O) groups excluding carboxylic acids is 2. The molecule has 0 saturated carbocycles. The number of carbonyl (C=O) groups is 2. The summed E-state index contributed by atoms with van der Waals surface area (Å²) in [4.78, 5) is 26.4. The van der Waals surface area contributed by atoms with Gasteiger partial charge in [0.2, 0.25) is 5.78 Å². The van der Waals surface area contributed by atoms with Gasteiger partial charge in [-0.3, -0.25) is 9.59 Å². The maximum atomic E-state index is 12.5. The maximum Gasteiger partial charge on any atom is 0.251 e. The number of ether oxygens (including phenoxy) is 1. The van der Waals surface area contributed by atoms with E-state index in [1.54, 1.807) is 24.3 Å². The average molecular weight is 394 g/mol. The third-order valence-corrected chi connectivity index (χ3v) is 5.31. The molecular formula is C23H23NO3S. The number of hydrogen-bond donors (Lipinski definition) is 1. The van der Waals surface area contributed by atoms with Crippen LogP contribution in [-0.4, -0.2) is 18.3 Å². The van der Waals surface area contributed by atoms with E-state index in [1.165, 1.54) is 11.3 Å². The Labute approximate surface area is 169 Å². The lowest BCUT2D eigenvalue weighted by atomic mass is 10.1. The van der Waals surface area contributed by atoms with Gasteiger partial charge in [-0.15, -0.1) is 11.3 Å². The molecule has 0 spiro atoms. The van der Waals surface area contributed by atoms with E-state index in [2.05, 4.69) is 12.2 Å². The Kier molecular flexibility index (Phi) is 6.98. The van der Waals surface area contributed by atoms with Crippen molar-refractivity contribution in [2.75, 3.05) is 6.61 Å². The van der Waals surface area contributed by atoms with Gasteiger partial charge in [0, 0.05) is 16.0 Å². The van der Waals surface area contributed by atoms with Crippen LogP contribution in [0.2, 0.25) is 0 Å². The zero-order chi connectivity index (χ0) is 19.8. The summed E-state index contributed by atoms with van der Waals surface area (Å²) in [7, 11) is 0. The number of amides is 1. The summed E-state index contributed by atoms with van der Waals surface area (Å²) in [5.41, 5.74) is 1.25. The molecule has 3 rings (SSSR count). The lowest BCUT2D eigenvalue weighted by molar-refractivity contribution is 0.0950. The minimum atomic E-state index is -0.149. The van der Waals surface area contributed by atoms with Crippen LogP contribution < -0.4 is 10.1 Å². The van der Waals surface area contributed by atoms with Crippen LogP contribution in [0.3, 0.4) is 0 Å². The first-order valence-electron chi connectivity index (χ1n) is 9.37. The molecule has 0 fully saturated rings. The van der Waals surface area contributed by atoms with E-state index in [1.807, 2.05) is 42.5 Å². The highest BCUT2D eigenvalue weighted by Crippen LogP contribution is 2.20. The van der Waals surface area contributed by atoms with Crippen molar-refractivity contribution in [3.8, 4) is 5.75 Å². The molecule has 1 amide bonds. The second-order valence-corrected chi connectivity index (χ2v) is 7.54. The number of hydrogen-bond acceptors (Lipinski definition) is 4. The zero-order valence-corrected chi connectivity index (χ0v) is 16.6. The lowest BCUT2D eigenvalue weighted by Gasteiger charge is -2.07. The summed E-state index contributed by atoms with van der Waals surface area (Å²) < 4.78 is 5.61. The van der Waals surface area contributed by atoms with Gasteiger partial charge < -0.3 is 10.1 Å². The predicted molar refractivity (Wildman–Crippen MR) is 112 cm³/mol. The molecule has 28 heavy (non-hydrogen) atoms. The van der Waals surface area contributed by atoms with Gasteiger partial charge in [-0.1, -0.05) is 43.7 Å². The number of unbranched alkanes of at least 4 members (excludes halogenated alkanes) is 1. The van der Waals surface area contributed by atoms with E-state index in [4.69, 9.17) is 4.74 Å². The fraction of sp³-hybridized carbons (Fsp3) is 0.217. The first-order valence-corrected chi connectivity index (χ1v) is 10.2. The van der Waals surface area contributed by atoms with E-state index < -0.39 is 0 Å². The van der Waals surface area contributed by atoms with Gasteiger partial charge in [-0.05, 0) is 42.8 Å². The Morgan fingerprint density at radius 2 is 1.68 bits per heavy atom. The third kappa shape index (κ3) is 5.30. The Balaban J connectivity index is 1.53. The first-order chi connectivity index (χ1) is 13.7. The van der Waals surface area contributed by atoms with Crippen LogP contribution in [0.4, 0.5) is 0 Å². The Morgan fingerprint density at radius 1 is 0.929 bits per heavy atom. The molecule has 0 bridgehead atoms. The highest BCUT2D eigenvalue weighted by molar-refractivity contribution is 7.14. The van der Waals surface area contributed by atoms with Crippen molar-refractivity contribution in [1.29, 1.82) is 0 Å². The molecule has 1 N–H and O–H groups in total. The summed E-state index contributed by atoms with van der Waals surface area (Å²) in [5, 5.41) is 2.90. The molecule has 0 aliphatic carbocycles. The van der Waals surface area contributed by atoms with Crippen LogP contribution in [0.5, 0.6) is 5.75 Å². The summed E-state index contributed by atoms with van der Waals surface area (Å²) in [6, 6.07) is 20.0. The quantitative estimate of drug-likeness (QED) is 0.407. The van der Waals surface area contributed by atoms with Gasteiger partial charge in [0.15, 0.2) is 0 Å². The molecule has 0 aliphatic rings. The Bertz CT molecular complexity index is 917. The SMILES string of the molecule is CCCCOc1ccc(C(=O)NCc2ccc(C(=O)c3ccccc3)s2)cc1. The lowest BCUT2D eigenvalue weighted by Crippen LogP contribution is -2.22. The van der Waals surface area contributed by atoms with Crippen LogP contribution in [0.1, 0.15) is 50.2 Å². The first kappa shape index (κ1) is 19.8. The van der Waals surface area contributed by atoms with Crippen molar-refractivity contribution >= 4 is 23.0 Å². The maximum absolute atomic E-state index is 12.5. The summed E-state index contributed by atoms with van der Waals surface area (Å²) in [6.07, 6.45) is 2.10. The van der Waals surface area contributed by atoms with Crippen LogP contribution in [-0.2, 0) is 6.54 Å². The number of nitrogens with one attached hydrogen (secondary N) is 1. The van der Waals surface area contributed by atoms with E-state index in [-0.39, 0.29) is 11.7 Å². The van der Waals surface area contributed by atoms with E-state index in [9.17, 15) is 9.59 Å². The molecule has 3 aromatic rings. The molecule has 5 heteroatoms. The molecule has 0 aliphatic heterocycles. The minimum absolute atomic E-state index is 0.00170. The number of benzene rings is 2. The molecule has 2 aromatic carbocycles. The molecule has 1 aromatic heterocycles. The van der Waals surface area contributed by atoms with Gasteiger partial charge in [-0.2, -0.15) is 0 Å². The largest absolute Gasteiger partial charge is 0.494 e. The van der Waals surface area contributed by atoms with Crippen molar-refractivity contribution in [3.05, 3.63) is 87.6 Å². The smallest absolute Gasteiger partial charge is 0.251 e. The van der Waals surface area contributed by atoms with Gasteiger partial charge in [0.25, 0.3) is 5.91 Å². The van der Waals surface area contributed by atoms with Gasteiger partial charge in [0.1, 0.15) is 5.75 Å². The second-order valence-electron chi connectivity index (χ2n) is 6.37. The molecule has 0 unspecified atom stereocenters. The molecule has 1 heterocycles. The standard InChI is InChI=1S/C23H23NO3S/c1-2-3-15-27-19-11-9-18(10-12-19)23(26)24-16-20-13-14-21(28-20)22(25)17-7-5-4-6-8-17/h4-14H,2-3,15-16H2,1H3,(H,24,26). The molecule has 0 saturated heterocycles. The Morgan fingerprint density at radius 3 is 2.39 bits per heavy atom. The van der Waals surface area contributed by atoms with Gasteiger partial charge in [0.05, 0.1) is 18.0 Å². The third-order valence-electron chi connectivity index (χ3n) is 4.23. The van der Waals surface area contributed by atoms with Crippen molar-refractivity contribution in [2.24, 2.45) is 0 Å². The van der Waals surface area contributed by atoms with Crippen LogP contribution in [0, 0.1) is 0 Å². The van der Waals surface area contributed by atoms with Crippen LogP contribution in [0.15, 0.2) is 66.7 Å².